The normalized spacial score (nSPS) is 17.0. The van der Waals surface area contributed by atoms with Crippen LogP contribution >= 0.6 is 0 Å². The number of nitrogens with one attached hydrogen (secondary N) is 1. The van der Waals surface area contributed by atoms with E-state index in [2.05, 4.69) is 35.7 Å². The second-order valence-corrected chi connectivity index (χ2v) is 7.60. The Kier molecular flexibility index (Phi) is 3.76. The second kappa shape index (κ2) is 5.49. The van der Waals surface area contributed by atoms with Gasteiger partial charge in [0, 0.05) is 5.92 Å². The maximum atomic E-state index is 12.3. The van der Waals surface area contributed by atoms with E-state index in [0.717, 1.165) is 11.1 Å². The molecule has 0 radical (unpaired) electrons. The number of benzene rings is 2. The summed E-state index contributed by atoms with van der Waals surface area (Å²) in [5, 5.41) is 3.17. The van der Waals surface area contributed by atoms with Crippen molar-refractivity contribution in [3.8, 4) is 0 Å². The summed E-state index contributed by atoms with van der Waals surface area (Å²) < 4.78 is 28.4. The minimum atomic E-state index is -3.63. The van der Waals surface area contributed by atoms with Crippen molar-refractivity contribution in [3.05, 3.63) is 58.7 Å². The lowest BCUT2D eigenvalue weighted by Gasteiger charge is -2.25. The number of anilines is 1. The minimum absolute atomic E-state index is 0.0831. The Morgan fingerprint density at radius 3 is 2.39 bits per heavy atom. The molecule has 1 unspecified atom stereocenters. The van der Waals surface area contributed by atoms with Crippen LogP contribution in [0, 0.1) is 13.8 Å². The zero-order valence-corrected chi connectivity index (χ0v) is 14.5. The first-order valence-corrected chi connectivity index (χ1v) is 9.03. The molecule has 1 aliphatic heterocycles. The Bertz CT molecular complexity index is 915. The fourth-order valence-corrected chi connectivity index (χ4v) is 4.43. The van der Waals surface area contributed by atoms with Crippen LogP contribution in [0.2, 0.25) is 0 Å². The van der Waals surface area contributed by atoms with Crippen LogP contribution in [-0.4, -0.2) is 14.3 Å². The maximum absolute atomic E-state index is 12.3. The predicted octanol–water partition coefficient (Wildman–Crippen LogP) is 3.99. The molecule has 0 bridgehead atoms. The summed E-state index contributed by atoms with van der Waals surface area (Å²) in [7, 11) is -3.63. The Labute approximate surface area is 137 Å². The van der Waals surface area contributed by atoms with Gasteiger partial charge in [-0.1, -0.05) is 37.3 Å². The van der Waals surface area contributed by atoms with Gasteiger partial charge in [-0.15, -0.1) is 4.40 Å². The third kappa shape index (κ3) is 2.65. The summed E-state index contributed by atoms with van der Waals surface area (Å²) in [5.41, 5.74) is 5.13. The summed E-state index contributed by atoms with van der Waals surface area (Å²) in [6, 6.07) is 11.7. The quantitative estimate of drug-likeness (QED) is 0.907. The SMILES string of the molecule is CC1=NS(=O)(=O)c2ccc(C)c(C(C)c3ccccc3C)c2N1. The minimum Gasteiger partial charge on any atom is -0.342 e. The molecule has 0 saturated carbocycles. The van der Waals surface area contributed by atoms with Crippen molar-refractivity contribution in [2.24, 2.45) is 4.40 Å². The van der Waals surface area contributed by atoms with Gasteiger partial charge in [0.2, 0.25) is 0 Å². The largest absolute Gasteiger partial charge is 0.342 e. The lowest BCUT2D eigenvalue weighted by atomic mass is 9.86. The predicted molar refractivity (Wildman–Crippen MR) is 93.8 cm³/mol. The topological polar surface area (TPSA) is 58.5 Å². The first-order valence-electron chi connectivity index (χ1n) is 7.59. The van der Waals surface area contributed by atoms with Crippen molar-refractivity contribution in [1.82, 2.24) is 0 Å². The summed E-state index contributed by atoms with van der Waals surface area (Å²) in [6.07, 6.45) is 0. The average molecular weight is 328 g/mol. The molecule has 0 aromatic heterocycles. The highest BCUT2D eigenvalue weighted by atomic mass is 32.2. The summed E-state index contributed by atoms with van der Waals surface area (Å²) in [6.45, 7) is 7.87. The van der Waals surface area contributed by atoms with E-state index in [4.69, 9.17) is 0 Å². The van der Waals surface area contributed by atoms with Crippen LogP contribution in [0.25, 0.3) is 0 Å². The van der Waals surface area contributed by atoms with Crippen molar-refractivity contribution < 1.29 is 8.42 Å². The van der Waals surface area contributed by atoms with Crippen molar-refractivity contribution in [3.63, 3.8) is 0 Å². The Morgan fingerprint density at radius 2 is 1.70 bits per heavy atom. The molecule has 0 aliphatic carbocycles. The molecule has 2 aromatic rings. The Hall–Kier alpha value is -2.14. The second-order valence-electron chi connectivity index (χ2n) is 6.02. The van der Waals surface area contributed by atoms with Gasteiger partial charge < -0.3 is 5.32 Å². The molecule has 1 aliphatic rings. The standard InChI is InChI=1S/C18H20N2O2S/c1-11-7-5-6-8-15(11)13(3)17-12(2)9-10-16-18(17)19-14(4)20-23(16,21)22/h5-10,13H,1-4H3,(H,19,20). The monoisotopic (exact) mass is 328 g/mol. The molecule has 1 N–H and O–H groups in total. The van der Waals surface area contributed by atoms with Gasteiger partial charge in [0.05, 0.1) is 5.69 Å². The molecular weight excluding hydrogens is 308 g/mol. The van der Waals surface area contributed by atoms with E-state index in [9.17, 15) is 8.42 Å². The first-order chi connectivity index (χ1) is 10.8. The number of aryl methyl sites for hydroxylation is 2. The lowest BCUT2D eigenvalue weighted by molar-refractivity contribution is 0.597. The number of amidine groups is 1. The molecule has 5 heteroatoms. The summed E-state index contributed by atoms with van der Waals surface area (Å²) in [4.78, 5) is 0.254. The number of fused-ring (bicyclic) bond motifs is 1. The summed E-state index contributed by atoms with van der Waals surface area (Å²) in [5.74, 6) is 0.487. The number of rotatable bonds is 2. The van der Waals surface area contributed by atoms with E-state index < -0.39 is 10.0 Å². The molecule has 0 amide bonds. The highest BCUT2D eigenvalue weighted by molar-refractivity contribution is 7.90. The van der Waals surface area contributed by atoms with Crippen LogP contribution in [-0.2, 0) is 10.0 Å². The number of nitrogens with zero attached hydrogens (tertiary/aromatic N) is 1. The molecule has 0 spiro atoms. The molecule has 4 nitrogen and oxygen atoms in total. The van der Waals surface area contributed by atoms with Crippen molar-refractivity contribution >= 4 is 21.5 Å². The van der Waals surface area contributed by atoms with E-state index >= 15 is 0 Å². The van der Waals surface area contributed by atoms with Crippen molar-refractivity contribution in [2.45, 2.75) is 38.5 Å². The first kappa shape index (κ1) is 15.7. The van der Waals surface area contributed by atoms with E-state index in [-0.39, 0.29) is 10.8 Å². The molecule has 3 rings (SSSR count). The van der Waals surface area contributed by atoms with Gasteiger partial charge in [-0.3, -0.25) is 0 Å². The van der Waals surface area contributed by atoms with Gasteiger partial charge in [-0.25, -0.2) is 0 Å². The van der Waals surface area contributed by atoms with E-state index in [1.807, 2.05) is 25.1 Å². The van der Waals surface area contributed by atoms with E-state index in [1.54, 1.807) is 13.0 Å². The van der Waals surface area contributed by atoms with E-state index in [0.29, 0.717) is 11.5 Å². The van der Waals surface area contributed by atoms with Crippen molar-refractivity contribution in [2.75, 3.05) is 5.32 Å². The Balaban J connectivity index is 2.25. The van der Waals surface area contributed by atoms with Crippen LogP contribution < -0.4 is 5.32 Å². The number of hydrogen-bond donors (Lipinski definition) is 1. The lowest BCUT2D eigenvalue weighted by Crippen LogP contribution is -2.21. The number of hydrogen-bond acceptors (Lipinski definition) is 3. The maximum Gasteiger partial charge on any atom is 0.286 e. The average Bonchev–Trinajstić information content (AvgIpc) is 2.45. The van der Waals surface area contributed by atoms with Gasteiger partial charge >= 0.3 is 0 Å². The van der Waals surface area contributed by atoms with Crippen LogP contribution in [0.3, 0.4) is 0 Å². The molecule has 0 fully saturated rings. The Morgan fingerprint density at radius 1 is 1.00 bits per heavy atom. The van der Waals surface area contributed by atoms with Crippen LogP contribution in [0.15, 0.2) is 45.7 Å². The third-order valence-electron chi connectivity index (χ3n) is 4.35. The van der Waals surface area contributed by atoms with Gasteiger partial charge in [-0.2, -0.15) is 8.42 Å². The molecule has 0 saturated heterocycles. The highest BCUT2D eigenvalue weighted by Crippen LogP contribution is 2.39. The van der Waals surface area contributed by atoms with Crippen LogP contribution in [0.5, 0.6) is 0 Å². The van der Waals surface area contributed by atoms with Gasteiger partial charge in [0.1, 0.15) is 10.7 Å². The molecule has 2 aromatic carbocycles. The fourth-order valence-electron chi connectivity index (χ4n) is 3.27. The van der Waals surface area contributed by atoms with Gasteiger partial charge in [0.15, 0.2) is 0 Å². The molecule has 23 heavy (non-hydrogen) atoms. The van der Waals surface area contributed by atoms with Gasteiger partial charge in [-0.05, 0) is 49.1 Å². The smallest absolute Gasteiger partial charge is 0.286 e. The third-order valence-corrected chi connectivity index (χ3v) is 5.76. The molecular formula is C18H20N2O2S. The zero-order chi connectivity index (χ0) is 16.8. The molecule has 120 valence electrons. The van der Waals surface area contributed by atoms with Crippen LogP contribution in [0.4, 0.5) is 5.69 Å². The van der Waals surface area contributed by atoms with Gasteiger partial charge in [0.25, 0.3) is 10.0 Å². The van der Waals surface area contributed by atoms with Crippen LogP contribution in [0.1, 0.15) is 42.0 Å². The highest BCUT2D eigenvalue weighted by Gasteiger charge is 2.28. The molecule has 1 atom stereocenters. The van der Waals surface area contributed by atoms with Crippen molar-refractivity contribution in [1.29, 1.82) is 0 Å². The summed E-state index contributed by atoms with van der Waals surface area (Å²) >= 11 is 0. The number of sulfonamides is 1. The zero-order valence-electron chi connectivity index (χ0n) is 13.7. The fraction of sp³-hybridized carbons (Fsp3) is 0.278. The van der Waals surface area contributed by atoms with E-state index in [1.165, 1.54) is 11.1 Å². The molecule has 1 heterocycles.